The van der Waals surface area contributed by atoms with Crippen molar-refractivity contribution in [2.24, 2.45) is 4.99 Å². The van der Waals surface area contributed by atoms with Gasteiger partial charge in [0, 0.05) is 49.9 Å². The van der Waals surface area contributed by atoms with Crippen molar-refractivity contribution in [3.8, 4) is 0 Å². The van der Waals surface area contributed by atoms with Crippen LogP contribution in [0.1, 0.15) is 43.8 Å². The van der Waals surface area contributed by atoms with Gasteiger partial charge in [0.25, 0.3) is 5.91 Å². The molecule has 2 amide bonds. The van der Waals surface area contributed by atoms with E-state index in [1.54, 1.807) is 24.0 Å². The van der Waals surface area contributed by atoms with Gasteiger partial charge in [-0.05, 0) is 58.0 Å². The first-order chi connectivity index (χ1) is 17.5. The molecule has 0 spiro atoms. The number of anilines is 1. The number of furan rings is 1. The van der Waals surface area contributed by atoms with E-state index in [9.17, 15) is 14.0 Å². The van der Waals surface area contributed by atoms with E-state index in [2.05, 4.69) is 15.2 Å². The van der Waals surface area contributed by atoms with Crippen molar-refractivity contribution < 1.29 is 27.9 Å². The summed E-state index contributed by atoms with van der Waals surface area (Å²) in [6.07, 6.45) is 2.04. The Labute approximate surface area is 214 Å². The Kier molecular flexibility index (Phi) is 6.21. The lowest BCUT2D eigenvalue weighted by Crippen LogP contribution is -2.50. The Morgan fingerprint density at radius 2 is 1.89 bits per heavy atom. The van der Waals surface area contributed by atoms with Crippen LogP contribution >= 0.6 is 0 Å². The molecule has 1 aromatic heterocycles. The van der Waals surface area contributed by atoms with E-state index < -0.39 is 29.5 Å². The molecule has 1 N–H and O–H groups in total. The molecule has 1 fully saturated rings. The smallest absolute Gasteiger partial charge is 0.410 e. The third-order valence-corrected chi connectivity index (χ3v) is 6.42. The maximum absolute atomic E-state index is 14.5. The lowest BCUT2D eigenvalue weighted by molar-refractivity contribution is 0.0240. The number of halogens is 1. The second kappa shape index (κ2) is 9.24. The number of aliphatic imine (C=N–C) groups is 1. The molecule has 2 unspecified atom stereocenters. The van der Waals surface area contributed by atoms with Crippen LogP contribution in [0.25, 0.3) is 11.0 Å². The zero-order valence-electron chi connectivity index (χ0n) is 21.6. The largest absolute Gasteiger partial charge is 0.471 e. The number of fused-ring (bicyclic) bond motifs is 2. The Bertz CT molecular complexity index is 1340. The van der Waals surface area contributed by atoms with Crippen molar-refractivity contribution in [1.29, 1.82) is 0 Å². The molecular formula is C27H31FN4O5. The molecule has 37 heavy (non-hydrogen) atoms. The molecule has 9 nitrogen and oxygen atoms in total. The molecule has 2 atom stereocenters. The van der Waals surface area contributed by atoms with E-state index in [0.717, 1.165) is 11.1 Å². The number of hydrogen-bond donors (Lipinski definition) is 1. The van der Waals surface area contributed by atoms with Crippen LogP contribution in [-0.4, -0.2) is 66.7 Å². The summed E-state index contributed by atoms with van der Waals surface area (Å²) in [6.45, 7) is 11.3. The van der Waals surface area contributed by atoms with Gasteiger partial charge < -0.3 is 29.0 Å². The van der Waals surface area contributed by atoms with E-state index in [1.807, 2.05) is 39.8 Å². The highest BCUT2D eigenvalue weighted by molar-refractivity contribution is 6.09. The summed E-state index contributed by atoms with van der Waals surface area (Å²) in [6, 6.07) is 4.80. The number of nitrogens with zero attached hydrogens (tertiary/aromatic N) is 3. The quantitative estimate of drug-likeness (QED) is 0.655. The normalized spacial score (nSPS) is 21.6. The summed E-state index contributed by atoms with van der Waals surface area (Å²) >= 11 is 0. The van der Waals surface area contributed by atoms with Gasteiger partial charge in [-0.2, -0.15) is 0 Å². The minimum absolute atomic E-state index is 0.312. The Balaban J connectivity index is 1.33. The molecule has 0 bridgehead atoms. The lowest BCUT2D eigenvalue weighted by Gasteiger charge is -2.37. The molecule has 1 aliphatic carbocycles. The van der Waals surface area contributed by atoms with Gasteiger partial charge in [-0.3, -0.25) is 4.79 Å². The van der Waals surface area contributed by atoms with Gasteiger partial charge in [-0.25, -0.2) is 14.2 Å². The Hall–Kier alpha value is -3.82. The highest BCUT2D eigenvalue weighted by Crippen LogP contribution is 2.34. The summed E-state index contributed by atoms with van der Waals surface area (Å²) in [5.74, 6) is 0.212. The molecule has 2 aromatic rings. The predicted octanol–water partition coefficient (Wildman–Crippen LogP) is 4.46. The van der Waals surface area contributed by atoms with Crippen LogP contribution in [0, 0.1) is 6.92 Å². The zero-order chi connectivity index (χ0) is 26.5. The van der Waals surface area contributed by atoms with Crippen LogP contribution in [0.4, 0.5) is 14.9 Å². The van der Waals surface area contributed by atoms with Crippen molar-refractivity contribution in [3.05, 3.63) is 53.2 Å². The molecular weight excluding hydrogens is 479 g/mol. The third kappa shape index (κ3) is 5.05. The first kappa shape index (κ1) is 24.9. The fourth-order valence-electron chi connectivity index (χ4n) is 4.78. The highest BCUT2D eigenvalue weighted by Gasteiger charge is 2.35. The first-order valence-electron chi connectivity index (χ1n) is 12.4. The maximum atomic E-state index is 14.5. The summed E-state index contributed by atoms with van der Waals surface area (Å²) in [5.41, 5.74) is 1.49. The minimum atomic E-state index is -0.699. The Morgan fingerprint density at radius 1 is 1.16 bits per heavy atom. The topological polar surface area (TPSA) is 96.6 Å². The number of benzene rings is 1. The molecule has 0 saturated carbocycles. The van der Waals surface area contributed by atoms with Gasteiger partial charge in [-0.1, -0.05) is 0 Å². The number of aryl methyl sites for hydroxylation is 1. The lowest BCUT2D eigenvalue weighted by atomic mass is 10.0. The molecule has 3 aliphatic rings. The number of hydrogen-bond acceptors (Lipinski definition) is 7. The van der Waals surface area contributed by atoms with Crippen LogP contribution < -0.4 is 10.2 Å². The molecule has 2 aliphatic heterocycles. The van der Waals surface area contributed by atoms with Crippen LogP contribution in [-0.2, 0) is 9.47 Å². The van der Waals surface area contributed by atoms with Gasteiger partial charge in [-0.15, -0.1) is 0 Å². The van der Waals surface area contributed by atoms with E-state index in [1.165, 1.54) is 6.08 Å². The van der Waals surface area contributed by atoms with Crippen molar-refractivity contribution in [2.45, 2.75) is 52.4 Å². The number of amides is 2. The van der Waals surface area contributed by atoms with E-state index >= 15 is 0 Å². The van der Waals surface area contributed by atoms with Crippen LogP contribution in [0.5, 0.6) is 0 Å². The second-order valence-electron chi connectivity index (χ2n) is 10.5. The van der Waals surface area contributed by atoms with Gasteiger partial charge in [0.1, 0.15) is 34.9 Å². The van der Waals surface area contributed by atoms with Gasteiger partial charge in [0.15, 0.2) is 5.90 Å². The van der Waals surface area contributed by atoms with Crippen LogP contribution in [0.15, 0.2) is 51.3 Å². The average Bonchev–Trinajstić information content (AvgIpc) is 3.39. The Morgan fingerprint density at radius 3 is 2.59 bits per heavy atom. The van der Waals surface area contributed by atoms with E-state index in [0.29, 0.717) is 54.7 Å². The number of allylic oxidation sites excluding steroid dienone is 1. The summed E-state index contributed by atoms with van der Waals surface area (Å²) in [4.78, 5) is 33.7. The number of ether oxygens (including phenoxy) is 2. The maximum Gasteiger partial charge on any atom is 0.410 e. The summed E-state index contributed by atoms with van der Waals surface area (Å²) in [5, 5.41) is 3.58. The monoisotopic (exact) mass is 510 g/mol. The second-order valence-corrected chi connectivity index (χ2v) is 10.5. The average molecular weight is 511 g/mol. The standard InChI is InChI=1S/C27H31FN4O5/c1-15-12-19-21(31-8-10-32(11-9-31)26(34)37-27(3,4)5)7-6-18(24(19)35-15)25(33)30-17-13-20(28)23-22(14-17)36-16(2)29-23/h6-7,12-14,22-23H,8-11H2,1-5H3,(H,30,33). The van der Waals surface area contributed by atoms with E-state index in [4.69, 9.17) is 13.9 Å². The number of carbonyl (C=O) groups is 2. The third-order valence-electron chi connectivity index (χ3n) is 6.42. The number of piperazine rings is 1. The van der Waals surface area contributed by atoms with Gasteiger partial charge in [0.2, 0.25) is 0 Å². The molecule has 5 rings (SSSR count). The van der Waals surface area contributed by atoms with Crippen molar-refractivity contribution in [1.82, 2.24) is 10.2 Å². The molecule has 10 heteroatoms. The minimum Gasteiger partial charge on any atom is -0.471 e. The number of nitrogens with one attached hydrogen (secondary N) is 1. The van der Waals surface area contributed by atoms with Gasteiger partial charge >= 0.3 is 6.09 Å². The molecule has 196 valence electrons. The molecule has 3 heterocycles. The first-order valence-corrected chi connectivity index (χ1v) is 12.4. The zero-order valence-corrected chi connectivity index (χ0v) is 21.6. The number of rotatable bonds is 3. The highest BCUT2D eigenvalue weighted by atomic mass is 19.1. The van der Waals surface area contributed by atoms with E-state index in [-0.39, 0.29) is 6.09 Å². The van der Waals surface area contributed by atoms with Gasteiger partial charge in [0.05, 0.1) is 5.56 Å². The molecule has 1 aromatic carbocycles. The van der Waals surface area contributed by atoms with Crippen LogP contribution in [0.3, 0.4) is 0 Å². The van der Waals surface area contributed by atoms with Crippen molar-refractivity contribution in [3.63, 3.8) is 0 Å². The molecule has 1 saturated heterocycles. The summed E-state index contributed by atoms with van der Waals surface area (Å²) in [7, 11) is 0. The van der Waals surface area contributed by atoms with Crippen LogP contribution in [0.2, 0.25) is 0 Å². The molecule has 0 radical (unpaired) electrons. The summed E-state index contributed by atoms with van der Waals surface area (Å²) < 4.78 is 31.5. The fourth-order valence-corrected chi connectivity index (χ4v) is 4.78. The predicted molar refractivity (Wildman–Crippen MR) is 137 cm³/mol. The van der Waals surface area contributed by atoms with Crippen molar-refractivity contribution >= 4 is 34.6 Å². The fraction of sp³-hybridized carbons (Fsp3) is 0.444. The van der Waals surface area contributed by atoms with Crippen molar-refractivity contribution in [2.75, 3.05) is 31.1 Å². The number of carbonyl (C=O) groups excluding carboxylic acids is 2. The SMILES string of the molecule is CC1=NC2C(F)=CC(NC(=O)c3ccc(N4CCN(C(=O)OC(C)(C)C)CC4)c4cc(C)oc34)=CC2O1.